The van der Waals surface area contributed by atoms with Gasteiger partial charge in [0.05, 0.1) is 12.6 Å². The van der Waals surface area contributed by atoms with Gasteiger partial charge in [0.1, 0.15) is 0 Å². The van der Waals surface area contributed by atoms with Crippen LogP contribution >= 0.6 is 11.6 Å². The summed E-state index contributed by atoms with van der Waals surface area (Å²) >= 11 is 5.87. The molecule has 2 heterocycles. The lowest BCUT2D eigenvalue weighted by Crippen LogP contribution is -2.24. The molecule has 2 aromatic rings. The van der Waals surface area contributed by atoms with Crippen molar-refractivity contribution < 1.29 is 9.63 Å². The second-order valence-electron chi connectivity index (χ2n) is 5.54. The Morgan fingerprint density at radius 2 is 2.19 bits per heavy atom. The lowest BCUT2D eigenvalue weighted by atomic mass is 10.0. The molecule has 1 N–H and O–H groups in total. The maximum Gasteiger partial charge on any atom is 0.241 e. The summed E-state index contributed by atoms with van der Waals surface area (Å²) in [6.45, 7) is 4.30. The standard InChI is InChI=1S/C15H18ClN3O2/c1-10(20)12-6-7-19(8-12)9-14-17-15(18-21-14)11-2-4-13(16)5-3-11/h2-5,10,12,20H,6-9H2,1H3. The molecule has 1 saturated heterocycles. The first-order valence-corrected chi connectivity index (χ1v) is 7.48. The lowest BCUT2D eigenvalue weighted by Gasteiger charge is -2.15. The van der Waals surface area contributed by atoms with Crippen molar-refractivity contribution in [3.8, 4) is 11.4 Å². The van der Waals surface area contributed by atoms with E-state index in [9.17, 15) is 5.11 Å². The van der Waals surface area contributed by atoms with E-state index in [4.69, 9.17) is 16.1 Å². The van der Waals surface area contributed by atoms with Crippen molar-refractivity contribution in [2.45, 2.75) is 26.0 Å². The number of aliphatic hydroxyl groups is 1. The molecule has 2 atom stereocenters. The van der Waals surface area contributed by atoms with Crippen LogP contribution in [0.3, 0.4) is 0 Å². The van der Waals surface area contributed by atoms with Crippen molar-refractivity contribution >= 4 is 11.6 Å². The molecule has 0 aliphatic carbocycles. The molecule has 3 rings (SSSR count). The van der Waals surface area contributed by atoms with Gasteiger partial charge >= 0.3 is 0 Å². The van der Waals surface area contributed by atoms with Crippen LogP contribution in [-0.4, -0.2) is 39.3 Å². The number of hydrogen-bond donors (Lipinski definition) is 1. The summed E-state index contributed by atoms with van der Waals surface area (Å²) in [7, 11) is 0. The topological polar surface area (TPSA) is 62.4 Å². The Bertz CT molecular complexity index is 597. The molecule has 0 bridgehead atoms. The Balaban J connectivity index is 1.64. The fraction of sp³-hybridized carbons (Fsp3) is 0.467. The molecule has 112 valence electrons. The summed E-state index contributed by atoms with van der Waals surface area (Å²) in [5.41, 5.74) is 0.887. The normalized spacial score (nSPS) is 20.8. The highest BCUT2D eigenvalue weighted by atomic mass is 35.5. The largest absolute Gasteiger partial charge is 0.393 e. The molecule has 0 radical (unpaired) electrons. The molecule has 1 aliphatic heterocycles. The average Bonchev–Trinajstić information content (AvgIpc) is 3.10. The van der Waals surface area contributed by atoms with Gasteiger partial charge < -0.3 is 9.63 Å². The van der Waals surface area contributed by atoms with Gasteiger partial charge in [0.15, 0.2) is 0 Å². The van der Waals surface area contributed by atoms with E-state index < -0.39 is 0 Å². The minimum atomic E-state index is -0.262. The van der Waals surface area contributed by atoms with Gasteiger partial charge in [-0.25, -0.2) is 0 Å². The van der Waals surface area contributed by atoms with Crippen LogP contribution in [0.4, 0.5) is 0 Å². The smallest absolute Gasteiger partial charge is 0.241 e. The van der Waals surface area contributed by atoms with Gasteiger partial charge in [-0.3, -0.25) is 4.90 Å². The zero-order chi connectivity index (χ0) is 14.8. The van der Waals surface area contributed by atoms with Gasteiger partial charge in [-0.2, -0.15) is 4.98 Å². The minimum Gasteiger partial charge on any atom is -0.393 e. The Hall–Kier alpha value is -1.43. The quantitative estimate of drug-likeness (QED) is 0.940. The van der Waals surface area contributed by atoms with Crippen LogP contribution in [0.15, 0.2) is 28.8 Å². The Morgan fingerprint density at radius 1 is 1.43 bits per heavy atom. The van der Waals surface area contributed by atoms with Gasteiger partial charge in [0.2, 0.25) is 11.7 Å². The van der Waals surface area contributed by atoms with Crippen LogP contribution < -0.4 is 0 Å². The van der Waals surface area contributed by atoms with E-state index in [2.05, 4.69) is 15.0 Å². The number of aliphatic hydroxyl groups excluding tert-OH is 1. The fourth-order valence-electron chi connectivity index (χ4n) is 2.63. The highest BCUT2D eigenvalue weighted by Crippen LogP contribution is 2.22. The maximum atomic E-state index is 9.62. The van der Waals surface area contributed by atoms with Gasteiger partial charge in [0.25, 0.3) is 0 Å². The predicted molar refractivity (Wildman–Crippen MR) is 79.8 cm³/mol. The van der Waals surface area contributed by atoms with Gasteiger partial charge in [-0.1, -0.05) is 16.8 Å². The third kappa shape index (κ3) is 3.43. The molecular weight excluding hydrogens is 290 g/mol. The zero-order valence-corrected chi connectivity index (χ0v) is 12.6. The zero-order valence-electron chi connectivity index (χ0n) is 11.9. The fourth-order valence-corrected chi connectivity index (χ4v) is 2.75. The number of benzene rings is 1. The van der Waals surface area contributed by atoms with Gasteiger partial charge in [-0.15, -0.1) is 0 Å². The number of aromatic nitrogens is 2. The minimum absolute atomic E-state index is 0.262. The second kappa shape index (κ2) is 6.13. The summed E-state index contributed by atoms with van der Waals surface area (Å²) < 4.78 is 5.31. The maximum absolute atomic E-state index is 9.62. The monoisotopic (exact) mass is 307 g/mol. The van der Waals surface area contributed by atoms with Crippen LogP contribution in [-0.2, 0) is 6.54 Å². The first kappa shape index (κ1) is 14.5. The lowest BCUT2D eigenvalue weighted by molar-refractivity contribution is 0.125. The van der Waals surface area contributed by atoms with Crippen molar-refractivity contribution in [1.82, 2.24) is 15.0 Å². The molecule has 0 amide bonds. The molecule has 2 unspecified atom stereocenters. The SMILES string of the molecule is CC(O)C1CCN(Cc2nc(-c3ccc(Cl)cc3)no2)C1. The third-order valence-corrected chi connectivity index (χ3v) is 4.17. The number of halogens is 1. The molecule has 1 aromatic carbocycles. The summed E-state index contributed by atoms with van der Waals surface area (Å²) in [6.07, 6.45) is 0.748. The van der Waals surface area contributed by atoms with E-state index in [0.29, 0.717) is 29.2 Å². The number of likely N-dealkylation sites (tertiary alicyclic amines) is 1. The van der Waals surface area contributed by atoms with Crippen LogP contribution in [0.2, 0.25) is 5.02 Å². The van der Waals surface area contributed by atoms with Gasteiger partial charge in [-0.05, 0) is 50.1 Å². The molecule has 6 heteroatoms. The highest BCUT2D eigenvalue weighted by molar-refractivity contribution is 6.30. The molecule has 5 nitrogen and oxygen atoms in total. The van der Waals surface area contributed by atoms with E-state index in [1.54, 1.807) is 12.1 Å². The summed E-state index contributed by atoms with van der Waals surface area (Å²) in [6, 6.07) is 7.35. The van der Waals surface area contributed by atoms with Crippen molar-refractivity contribution in [1.29, 1.82) is 0 Å². The summed E-state index contributed by atoms with van der Waals surface area (Å²) in [4.78, 5) is 6.65. The molecule has 1 aromatic heterocycles. The average molecular weight is 308 g/mol. The molecule has 0 spiro atoms. The summed E-state index contributed by atoms with van der Waals surface area (Å²) in [5, 5.41) is 14.3. The highest BCUT2D eigenvalue weighted by Gasteiger charge is 2.27. The number of hydrogen-bond acceptors (Lipinski definition) is 5. The van der Waals surface area contributed by atoms with E-state index in [0.717, 1.165) is 25.1 Å². The number of rotatable bonds is 4. The Labute approximate surface area is 128 Å². The van der Waals surface area contributed by atoms with E-state index in [-0.39, 0.29) is 6.10 Å². The van der Waals surface area contributed by atoms with E-state index in [1.165, 1.54) is 0 Å². The summed E-state index contributed by atoms with van der Waals surface area (Å²) in [5.74, 6) is 1.52. The first-order valence-electron chi connectivity index (χ1n) is 7.11. The Kier molecular flexibility index (Phi) is 4.24. The molecule has 21 heavy (non-hydrogen) atoms. The van der Waals surface area contributed by atoms with Crippen LogP contribution in [0.25, 0.3) is 11.4 Å². The van der Waals surface area contributed by atoms with E-state index >= 15 is 0 Å². The third-order valence-electron chi connectivity index (χ3n) is 3.92. The Morgan fingerprint density at radius 3 is 2.86 bits per heavy atom. The molecule has 1 aliphatic rings. The van der Waals surface area contributed by atoms with Crippen LogP contribution in [0.1, 0.15) is 19.2 Å². The van der Waals surface area contributed by atoms with Gasteiger partial charge in [0, 0.05) is 17.1 Å². The van der Waals surface area contributed by atoms with Crippen molar-refractivity contribution in [3.63, 3.8) is 0 Å². The first-order chi connectivity index (χ1) is 10.1. The molecule has 0 saturated carbocycles. The van der Waals surface area contributed by atoms with E-state index in [1.807, 2.05) is 19.1 Å². The molecule has 1 fully saturated rings. The number of nitrogens with zero attached hydrogens (tertiary/aromatic N) is 3. The molecular formula is C15H18ClN3O2. The predicted octanol–water partition coefficient (Wildman–Crippen LogP) is 2.59. The van der Waals surface area contributed by atoms with Crippen LogP contribution in [0, 0.1) is 5.92 Å². The van der Waals surface area contributed by atoms with Crippen molar-refractivity contribution in [2.24, 2.45) is 5.92 Å². The van der Waals surface area contributed by atoms with Crippen LogP contribution in [0.5, 0.6) is 0 Å². The van der Waals surface area contributed by atoms with Crippen molar-refractivity contribution in [2.75, 3.05) is 13.1 Å². The second-order valence-corrected chi connectivity index (χ2v) is 5.98. The van der Waals surface area contributed by atoms with Crippen molar-refractivity contribution in [3.05, 3.63) is 35.2 Å².